The maximum atomic E-state index is 9.47. The molecule has 3 heteroatoms. The van der Waals surface area contributed by atoms with Gasteiger partial charge in [-0.05, 0) is 51.1 Å². The molecule has 1 aliphatic heterocycles. The summed E-state index contributed by atoms with van der Waals surface area (Å²) in [4.78, 5) is 2.61. The minimum Gasteiger partial charge on any atom is -0.394 e. The number of aliphatic hydroxyl groups is 1. The van der Waals surface area contributed by atoms with Crippen molar-refractivity contribution in [2.45, 2.75) is 45.1 Å². The lowest BCUT2D eigenvalue weighted by Gasteiger charge is -2.30. The van der Waals surface area contributed by atoms with Crippen LogP contribution < -0.4 is 5.32 Å². The van der Waals surface area contributed by atoms with Gasteiger partial charge in [0.2, 0.25) is 0 Å². The smallest absolute Gasteiger partial charge is 0.0611 e. The molecule has 0 spiro atoms. The van der Waals surface area contributed by atoms with E-state index in [1.807, 2.05) is 0 Å². The Morgan fingerprint density at radius 3 is 2.47 bits per heavy atom. The van der Waals surface area contributed by atoms with Gasteiger partial charge in [-0.2, -0.15) is 0 Å². The first-order valence-electron chi connectivity index (χ1n) is 7.25. The van der Waals surface area contributed by atoms with E-state index in [9.17, 15) is 5.11 Å². The Morgan fingerprint density at radius 1 is 1.29 bits per heavy atom. The van der Waals surface area contributed by atoms with Crippen molar-refractivity contribution in [1.29, 1.82) is 0 Å². The highest BCUT2D eigenvalue weighted by Gasteiger charge is 2.36. The lowest BCUT2D eigenvalue weighted by Crippen LogP contribution is -2.47. The van der Waals surface area contributed by atoms with E-state index < -0.39 is 0 Å². The van der Waals surface area contributed by atoms with Crippen LogP contribution in [0.25, 0.3) is 0 Å². The van der Waals surface area contributed by atoms with Gasteiger partial charge in [-0.25, -0.2) is 0 Å². The molecule has 3 atom stereocenters. The number of hydrogen-bond acceptors (Lipinski definition) is 3. The number of nitrogens with one attached hydrogen (secondary N) is 1. The summed E-state index contributed by atoms with van der Waals surface area (Å²) in [5.41, 5.74) is -0.0908. The lowest BCUT2D eigenvalue weighted by atomic mass is 9.98. The predicted octanol–water partition coefficient (Wildman–Crippen LogP) is 1.47. The van der Waals surface area contributed by atoms with Gasteiger partial charge in [0.25, 0.3) is 0 Å². The van der Waals surface area contributed by atoms with E-state index in [0.29, 0.717) is 0 Å². The van der Waals surface area contributed by atoms with Crippen molar-refractivity contribution in [3.63, 3.8) is 0 Å². The molecule has 1 saturated heterocycles. The Hall–Kier alpha value is -0.120. The Kier molecular flexibility index (Phi) is 4.45. The van der Waals surface area contributed by atoms with Crippen molar-refractivity contribution < 1.29 is 5.11 Å². The number of hydrogen-bond donors (Lipinski definition) is 2. The zero-order chi connectivity index (χ0) is 12.3. The molecule has 17 heavy (non-hydrogen) atoms. The molecule has 3 nitrogen and oxygen atoms in total. The lowest BCUT2D eigenvalue weighted by molar-refractivity contribution is 0.151. The molecule has 2 aliphatic rings. The van der Waals surface area contributed by atoms with Crippen LogP contribution in [0.2, 0.25) is 0 Å². The largest absolute Gasteiger partial charge is 0.394 e. The molecule has 100 valence electrons. The number of rotatable bonds is 6. The van der Waals surface area contributed by atoms with Gasteiger partial charge in [-0.3, -0.25) is 0 Å². The minimum absolute atomic E-state index is 0.0908. The molecular formula is C14H28N2O. The van der Waals surface area contributed by atoms with Crippen LogP contribution in [0.15, 0.2) is 0 Å². The number of likely N-dealkylation sites (tertiary alicyclic amines) is 1. The van der Waals surface area contributed by atoms with Crippen molar-refractivity contribution in [2.75, 3.05) is 32.8 Å². The van der Waals surface area contributed by atoms with E-state index in [1.165, 1.54) is 32.4 Å². The normalized spacial score (nSPS) is 32.6. The molecule has 3 unspecified atom stereocenters. The van der Waals surface area contributed by atoms with Gasteiger partial charge < -0.3 is 15.3 Å². The van der Waals surface area contributed by atoms with Crippen molar-refractivity contribution >= 4 is 0 Å². The third-order valence-corrected chi connectivity index (χ3v) is 4.73. The maximum absolute atomic E-state index is 9.47. The molecule has 1 heterocycles. The van der Waals surface area contributed by atoms with Crippen LogP contribution in [0.5, 0.6) is 0 Å². The molecule has 0 bridgehead atoms. The van der Waals surface area contributed by atoms with E-state index in [0.717, 1.165) is 31.3 Å². The molecule has 2 fully saturated rings. The molecule has 0 radical (unpaired) electrons. The summed E-state index contributed by atoms with van der Waals surface area (Å²) in [5, 5.41) is 12.9. The number of fused-ring (bicyclic) bond motifs is 1. The van der Waals surface area contributed by atoms with E-state index in [2.05, 4.69) is 24.1 Å². The van der Waals surface area contributed by atoms with Crippen LogP contribution in [0.1, 0.15) is 39.5 Å². The second-order valence-corrected chi connectivity index (χ2v) is 6.21. The summed E-state index contributed by atoms with van der Waals surface area (Å²) in [5.74, 6) is 1.96. The Labute approximate surface area is 106 Å². The van der Waals surface area contributed by atoms with E-state index in [1.54, 1.807) is 0 Å². The van der Waals surface area contributed by atoms with E-state index in [4.69, 9.17) is 0 Å². The van der Waals surface area contributed by atoms with Crippen molar-refractivity contribution in [1.82, 2.24) is 10.2 Å². The van der Waals surface area contributed by atoms with Crippen LogP contribution in [0.4, 0.5) is 0 Å². The van der Waals surface area contributed by atoms with Gasteiger partial charge >= 0.3 is 0 Å². The summed E-state index contributed by atoms with van der Waals surface area (Å²) in [7, 11) is 0. The summed E-state index contributed by atoms with van der Waals surface area (Å²) in [6.07, 6.45) is 5.41. The molecule has 0 amide bonds. The molecule has 0 aromatic rings. The highest BCUT2D eigenvalue weighted by molar-refractivity contribution is 4.90. The molecule has 1 saturated carbocycles. The number of likely N-dealkylation sites (N-methyl/N-ethyl adjacent to an activating group) is 1. The van der Waals surface area contributed by atoms with Gasteiger partial charge in [0.15, 0.2) is 0 Å². The Bertz CT molecular complexity index is 234. The van der Waals surface area contributed by atoms with E-state index in [-0.39, 0.29) is 12.1 Å². The highest BCUT2D eigenvalue weighted by atomic mass is 16.3. The average Bonchev–Trinajstić information content (AvgIpc) is 2.87. The predicted molar refractivity (Wildman–Crippen MR) is 71.1 cm³/mol. The second kappa shape index (κ2) is 5.68. The van der Waals surface area contributed by atoms with E-state index >= 15 is 0 Å². The van der Waals surface area contributed by atoms with Gasteiger partial charge in [0, 0.05) is 18.6 Å². The summed E-state index contributed by atoms with van der Waals surface area (Å²) in [6.45, 7) is 9.15. The third kappa shape index (κ3) is 3.21. The quantitative estimate of drug-likeness (QED) is 0.738. The number of aliphatic hydroxyl groups excluding tert-OH is 1. The molecule has 0 aromatic carbocycles. The third-order valence-electron chi connectivity index (χ3n) is 4.73. The average molecular weight is 240 g/mol. The van der Waals surface area contributed by atoms with Gasteiger partial charge in [0.05, 0.1) is 6.61 Å². The molecule has 2 rings (SSSR count). The SMILES string of the molecule is CCNC(C)(CO)CCN1CC2CCCC2C1. The summed E-state index contributed by atoms with van der Waals surface area (Å²) in [6, 6.07) is 0. The first-order valence-corrected chi connectivity index (χ1v) is 7.25. The fourth-order valence-corrected chi connectivity index (χ4v) is 3.57. The van der Waals surface area contributed by atoms with Crippen LogP contribution in [0, 0.1) is 11.8 Å². The molecular weight excluding hydrogens is 212 g/mol. The van der Waals surface area contributed by atoms with Crippen molar-refractivity contribution in [3.8, 4) is 0 Å². The standard InChI is InChI=1S/C14H28N2O/c1-3-15-14(2,11-17)7-8-16-9-12-5-4-6-13(12)10-16/h12-13,15,17H,3-11H2,1-2H3. The van der Waals surface area contributed by atoms with Crippen LogP contribution >= 0.6 is 0 Å². The molecule has 0 aromatic heterocycles. The molecule has 1 aliphatic carbocycles. The minimum atomic E-state index is -0.0908. The zero-order valence-corrected chi connectivity index (χ0v) is 11.4. The Balaban J connectivity index is 1.75. The fraction of sp³-hybridized carbons (Fsp3) is 1.00. The van der Waals surface area contributed by atoms with Gasteiger partial charge in [0.1, 0.15) is 0 Å². The van der Waals surface area contributed by atoms with Gasteiger partial charge in [-0.15, -0.1) is 0 Å². The highest BCUT2D eigenvalue weighted by Crippen LogP contribution is 2.37. The second-order valence-electron chi connectivity index (χ2n) is 6.21. The first-order chi connectivity index (χ1) is 8.17. The summed E-state index contributed by atoms with van der Waals surface area (Å²) < 4.78 is 0. The Morgan fingerprint density at radius 2 is 1.94 bits per heavy atom. The number of nitrogens with zero attached hydrogens (tertiary/aromatic N) is 1. The summed E-state index contributed by atoms with van der Waals surface area (Å²) >= 11 is 0. The fourth-order valence-electron chi connectivity index (χ4n) is 3.57. The van der Waals surface area contributed by atoms with Crippen LogP contribution in [-0.4, -0.2) is 48.3 Å². The zero-order valence-electron chi connectivity index (χ0n) is 11.4. The van der Waals surface area contributed by atoms with Crippen molar-refractivity contribution in [3.05, 3.63) is 0 Å². The monoisotopic (exact) mass is 240 g/mol. The van der Waals surface area contributed by atoms with Gasteiger partial charge in [-0.1, -0.05) is 13.3 Å². The topological polar surface area (TPSA) is 35.5 Å². The van der Waals surface area contributed by atoms with Crippen LogP contribution in [-0.2, 0) is 0 Å². The molecule has 2 N–H and O–H groups in total. The maximum Gasteiger partial charge on any atom is 0.0611 e. The van der Waals surface area contributed by atoms with Crippen molar-refractivity contribution in [2.24, 2.45) is 11.8 Å². The first kappa shape index (κ1) is 13.3. The van der Waals surface area contributed by atoms with Crippen LogP contribution in [0.3, 0.4) is 0 Å².